The minimum absolute atomic E-state index is 0.0256. The number of carbonyl (C=O) groups is 2. The number of amides is 2. The Balaban J connectivity index is 1.57. The quantitative estimate of drug-likeness (QED) is 0.702. The van der Waals surface area contributed by atoms with Gasteiger partial charge in [-0.2, -0.15) is 0 Å². The van der Waals surface area contributed by atoms with E-state index in [1.54, 1.807) is 4.90 Å². The fourth-order valence-corrected chi connectivity index (χ4v) is 4.66. The maximum Gasteiger partial charge on any atom is 0.251 e. The van der Waals surface area contributed by atoms with Crippen molar-refractivity contribution in [2.75, 3.05) is 51.7 Å². The van der Waals surface area contributed by atoms with E-state index in [-0.39, 0.29) is 27.9 Å². The van der Waals surface area contributed by atoms with Gasteiger partial charge in [-0.1, -0.05) is 29.8 Å². The van der Waals surface area contributed by atoms with E-state index in [1.165, 1.54) is 32.3 Å². The van der Waals surface area contributed by atoms with Gasteiger partial charge in [-0.3, -0.25) is 9.59 Å². The van der Waals surface area contributed by atoms with Gasteiger partial charge >= 0.3 is 0 Å². The fourth-order valence-electron chi connectivity index (χ4n) is 3.26. The molecule has 3 rings (SSSR count). The van der Waals surface area contributed by atoms with Crippen LogP contribution in [0.15, 0.2) is 53.4 Å². The Morgan fingerprint density at radius 3 is 2.29 bits per heavy atom. The Bertz CT molecular complexity index is 1050. The average Bonchev–Trinajstić information content (AvgIpc) is 2.78. The van der Waals surface area contributed by atoms with Crippen molar-refractivity contribution < 1.29 is 18.0 Å². The van der Waals surface area contributed by atoms with Crippen molar-refractivity contribution in [2.45, 2.75) is 4.90 Å². The molecule has 0 radical (unpaired) electrons. The number of para-hydroxylation sites is 1. The van der Waals surface area contributed by atoms with Crippen molar-refractivity contribution >= 4 is 39.1 Å². The molecule has 1 aliphatic rings. The summed E-state index contributed by atoms with van der Waals surface area (Å²) < 4.78 is 25.8. The molecule has 1 heterocycles. The Hall–Kier alpha value is -2.62. The molecule has 166 valence electrons. The van der Waals surface area contributed by atoms with Crippen molar-refractivity contribution in [3.05, 3.63) is 59.1 Å². The van der Waals surface area contributed by atoms with Gasteiger partial charge in [-0.15, -0.1) is 0 Å². The fraction of sp³-hybridized carbons (Fsp3) is 0.333. The second kappa shape index (κ2) is 9.67. The topological polar surface area (TPSA) is 90.0 Å². The lowest BCUT2D eigenvalue weighted by Gasteiger charge is -2.36. The number of nitrogens with zero attached hydrogens (tertiary/aromatic N) is 3. The van der Waals surface area contributed by atoms with Crippen LogP contribution in [0.3, 0.4) is 0 Å². The average molecular weight is 465 g/mol. The van der Waals surface area contributed by atoms with E-state index < -0.39 is 15.9 Å². The largest absolute Gasteiger partial charge is 0.368 e. The first-order valence-corrected chi connectivity index (χ1v) is 11.6. The van der Waals surface area contributed by atoms with E-state index in [0.717, 1.165) is 9.99 Å². The summed E-state index contributed by atoms with van der Waals surface area (Å²) in [4.78, 5) is 28.8. The molecule has 2 aromatic rings. The molecule has 10 heteroatoms. The zero-order valence-corrected chi connectivity index (χ0v) is 19.0. The minimum Gasteiger partial charge on any atom is -0.368 e. The maximum atomic E-state index is 12.5. The molecular weight excluding hydrogens is 440 g/mol. The van der Waals surface area contributed by atoms with Crippen molar-refractivity contribution in [1.29, 1.82) is 0 Å². The highest BCUT2D eigenvalue weighted by Crippen LogP contribution is 2.24. The van der Waals surface area contributed by atoms with E-state index >= 15 is 0 Å². The van der Waals surface area contributed by atoms with Crippen LogP contribution in [0.25, 0.3) is 0 Å². The molecule has 0 spiro atoms. The summed E-state index contributed by atoms with van der Waals surface area (Å²) in [5.41, 5.74) is 1.24. The molecule has 31 heavy (non-hydrogen) atoms. The second-order valence-corrected chi connectivity index (χ2v) is 9.85. The van der Waals surface area contributed by atoms with Crippen LogP contribution in [-0.4, -0.2) is 76.3 Å². The molecule has 1 N–H and O–H groups in total. The molecular formula is C21H25ClN4O4S. The number of carbonyl (C=O) groups excluding carboxylic acids is 2. The van der Waals surface area contributed by atoms with Crippen LogP contribution >= 0.6 is 11.6 Å². The highest BCUT2D eigenvalue weighted by molar-refractivity contribution is 7.89. The highest BCUT2D eigenvalue weighted by atomic mass is 35.5. The van der Waals surface area contributed by atoms with E-state index in [2.05, 4.69) is 10.2 Å². The molecule has 2 aromatic carbocycles. The number of anilines is 1. The Labute approximate surface area is 187 Å². The Morgan fingerprint density at radius 2 is 1.68 bits per heavy atom. The highest BCUT2D eigenvalue weighted by Gasteiger charge is 2.24. The van der Waals surface area contributed by atoms with Crippen LogP contribution in [0, 0.1) is 0 Å². The smallest absolute Gasteiger partial charge is 0.251 e. The number of piperazine rings is 1. The number of rotatable bonds is 6. The van der Waals surface area contributed by atoms with E-state index in [9.17, 15) is 18.0 Å². The second-order valence-electron chi connectivity index (χ2n) is 7.32. The number of sulfonamides is 1. The maximum absolute atomic E-state index is 12.5. The van der Waals surface area contributed by atoms with E-state index in [4.69, 9.17) is 11.6 Å². The lowest BCUT2D eigenvalue weighted by atomic mass is 10.2. The molecule has 2 amide bonds. The molecule has 8 nitrogen and oxygen atoms in total. The third-order valence-corrected chi connectivity index (χ3v) is 7.40. The standard InChI is InChI=1S/C21H25ClN4O4S/c1-24(2)31(29,30)19-14-16(8-9-18(19)22)21(28)23-15-20(27)26-12-10-25(11-13-26)17-6-4-3-5-7-17/h3-9,14H,10-13,15H2,1-2H3,(H,23,28). The number of hydrogen-bond donors (Lipinski definition) is 1. The molecule has 1 saturated heterocycles. The SMILES string of the molecule is CN(C)S(=O)(=O)c1cc(C(=O)NCC(=O)N2CCN(c3ccccc3)CC2)ccc1Cl. The first kappa shape index (κ1) is 23.1. The third kappa shape index (κ3) is 5.36. The predicted octanol–water partition coefficient (Wildman–Crippen LogP) is 1.67. The van der Waals surface area contributed by atoms with Gasteiger partial charge in [-0.05, 0) is 30.3 Å². The molecule has 1 fully saturated rings. The van der Waals surface area contributed by atoms with Gasteiger partial charge in [0.05, 0.1) is 11.6 Å². The molecule has 0 aromatic heterocycles. The van der Waals surface area contributed by atoms with Crippen LogP contribution in [0.5, 0.6) is 0 Å². The summed E-state index contributed by atoms with van der Waals surface area (Å²) in [6.45, 7) is 2.40. The molecule has 1 aliphatic heterocycles. The summed E-state index contributed by atoms with van der Waals surface area (Å²) in [5.74, 6) is -0.723. The first-order valence-electron chi connectivity index (χ1n) is 9.78. The number of halogens is 1. The Morgan fingerprint density at radius 1 is 1.03 bits per heavy atom. The number of hydrogen-bond acceptors (Lipinski definition) is 5. The van der Waals surface area contributed by atoms with Gasteiger partial charge < -0.3 is 15.1 Å². The molecule has 0 bridgehead atoms. The van der Waals surface area contributed by atoms with Crippen molar-refractivity contribution in [3.63, 3.8) is 0 Å². The molecule has 0 atom stereocenters. The zero-order chi connectivity index (χ0) is 22.6. The molecule has 0 aliphatic carbocycles. The lowest BCUT2D eigenvalue weighted by Crippen LogP contribution is -2.51. The number of benzene rings is 2. The van der Waals surface area contributed by atoms with Gasteiger partial charge in [-0.25, -0.2) is 12.7 Å². The van der Waals surface area contributed by atoms with E-state index in [0.29, 0.717) is 26.2 Å². The van der Waals surface area contributed by atoms with Crippen LogP contribution in [0.1, 0.15) is 10.4 Å². The summed E-state index contributed by atoms with van der Waals surface area (Å²) in [7, 11) is -1.03. The molecule has 0 unspecified atom stereocenters. The predicted molar refractivity (Wildman–Crippen MR) is 120 cm³/mol. The van der Waals surface area contributed by atoms with Crippen LogP contribution in [0.4, 0.5) is 5.69 Å². The van der Waals surface area contributed by atoms with Gasteiger partial charge in [0.15, 0.2) is 0 Å². The summed E-state index contributed by atoms with van der Waals surface area (Å²) in [6, 6.07) is 14.0. The first-order chi connectivity index (χ1) is 14.7. The lowest BCUT2D eigenvalue weighted by molar-refractivity contribution is -0.130. The zero-order valence-electron chi connectivity index (χ0n) is 17.4. The normalized spacial score (nSPS) is 14.6. The molecule has 0 saturated carbocycles. The van der Waals surface area contributed by atoms with Crippen LogP contribution in [-0.2, 0) is 14.8 Å². The Kier molecular flexibility index (Phi) is 7.19. The number of nitrogens with one attached hydrogen (secondary N) is 1. The van der Waals surface area contributed by atoms with Gasteiger partial charge in [0.1, 0.15) is 4.90 Å². The minimum atomic E-state index is -3.80. The summed E-state index contributed by atoms with van der Waals surface area (Å²) in [5, 5.41) is 2.60. The van der Waals surface area contributed by atoms with Gasteiger partial charge in [0.2, 0.25) is 15.9 Å². The van der Waals surface area contributed by atoms with Gasteiger partial charge in [0, 0.05) is 51.5 Å². The van der Waals surface area contributed by atoms with Crippen molar-refractivity contribution in [2.24, 2.45) is 0 Å². The monoisotopic (exact) mass is 464 g/mol. The van der Waals surface area contributed by atoms with Gasteiger partial charge in [0.25, 0.3) is 5.91 Å². The van der Waals surface area contributed by atoms with E-state index in [1.807, 2.05) is 30.3 Å². The third-order valence-electron chi connectivity index (χ3n) is 5.11. The summed E-state index contributed by atoms with van der Waals surface area (Å²) >= 11 is 6.01. The van der Waals surface area contributed by atoms with Crippen LogP contribution in [0.2, 0.25) is 5.02 Å². The van der Waals surface area contributed by atoms with Crippen molar-refractivity contribution in [3.8, 4) is 0 Å². The van der Waals surface area contributed by atoms with Crippen LogP contribution < -0.4 is 10.2 Å². The summed E-state index contributed by atoms with van der Waals surface area (Å²) in [6.07, 6.45) is 0. The van der Waals surface area contributed by atoms with Crippen molar-refractivity contribution in [1.82, 2.24) is 14.5 Å².